The smallest absolute Gasteiger partial charge is 0.223 e. The van der Waals surface area contributed by atoms with Crippen molar-refractivity contribution in [3.8, 4) is 11.5 Å². The molecule has 2 heterocycles. The second-order valence-corrected chi connectivity index (χ2v) is 7.80. The first-order valence-corrected chi connectivity index (χ1v) is 9.52. The Morgan fingerprint density at radius 1 is 1.11 bits per heavy atom. The number of benzene rings is 2. The number of hydrogen-bond donors (Lipinski definition) is 1. The van der Waals surface area contributed by atoms with Crippen LogP contribution in [0.15, 0.2) is 48.5 Å². The Morgan fingerprint density at radius 3 is 2.64 bits per heavy atom. The molecule has 1 atom stereocenters. The third kappa shape index (κ3) is 2.57. The lowest BCUT2D eigenvalue weighted by atomic mass is 9.74. The van der Waals surface area contributed by atoms with Crippen molar-refractivity contribution >= 4 is 17.7 Å². The van der Waals surface area contributed by atoms with Crippen LogP contribution in [0.3, 0.4) is 0 Å². The number of methoxy groups -OCH3 is 2. The quantitative estimate of drug-likeness (QED) is 0.881. The zero-order chi connectivity index (χ0) is 19.9. The summed E-state index contributed by atoms with van der Waals surface area (Å²) in [4.78, 5) is 14.8. The van der Waals surface area contributed by atoms with E-state index in [0.29, 0.717) is 13.0 Å². The van der Waals surface area contributed by atoms with E-state index in [1.54, 1.807) is 14.2 Å². The van der Waals surface area contributed by atoms with Crippen LogP contribution >= 0.6 is 0 Å². The zero-order valence-corrected chi connectivity index (χ0v) is 16.8. The van der Waals surface area contributed by atoms with Gasteiger partial charge in [-0.15, -0.1) is 0 Å². The van der Waals surface area contributed by atoms with Gasteiger partial charge in [-0.3, -0.25) is 4.79 Å². The standard InChI is InChI=1S/C23H26N2O3/c1-22(2)18-7-5-6-8-19(18)25-14-12-21(26)24-23(22,25)13-11-16-15-17(27-3)9-10-20(16)28-4/h5-11,13,15H,12,14H2,1-4H3,(H,24,26)/b13-11+/t23-/m1/s1. The van der Waals surface area contributed by atoms with Gasteiger partial charge in [0.2, 0.25) is 5.91 Å². The van der Waals surface area contributed by atoms with Gasteiger partial charge in [0.1, 0.15) is 17.2 Å². The molecule has 0 spiro atoms. The van der Waals surface area contributed by atoms with Gasteiger partial charge < -0.3 is 19.7 Å². The molecule has 1 fully saturated rings. The first-order valence-electron chi connectivity index (χ1n) is 9.52. The number of nitrogens with zero attached hydrogens (tertiary/aromatic N) is 1. The molecule has 5 nitrogen and oxygen atoms in total. The summed E-state index contributed by atoms with van der Waals surface area (Å²) in [7, 11) is 3.30. The minimum atomic E-state index is -0.639. The average molecular weight is 378 g/mol. The number of nitrogens with one attached hydrogen (secondary N) is 1. The largest absolute Gasteiger partial charge is 0.497 e. The highest BCUT2D eigenvalue weighted by atomic mass is 16.5. The van der Waals surface area contributed by atoms with Crippen molar-refractivity contribution in [3.63, 3.8) is 0 Å². The van der Waals surface area contributed by atoms with Gasteiger partial charge in [0.15, 0.2) is 0 Å². The minimum Gasteiger partial charge on any atom is -0.497 e. The summed E-state index contributed by atoms with van der Waals surface area (Å²) in [6.07, 6.45) is 4.61. The average Bonchev–Trinajstić information content (AvgIpc) is 2.90. The van der Waals surface area contributed by atoms with Crippen molar-refractivity contribution in [1.82, 2.24) is 5.32 Å². The lowest BCUT2D eigenvalue weighted by Gasteiger charge is -2.49. The molecule has 1 N–H and O–H groups in total. The molecule has 146 valence electrons. The van der Waals surface area contributed by atoms with Crippen molar-refractivity contribution in [2.75, 3.05) is 25.7 Å². The molecule has 28 heavy (non-hydrogen) atoms. The number of carbonyl (C=O) groups excluding carboxylic acids is 1. The monoisotopic (exact) mass is 378 g/mol. The summed E-state index contributed by atoms with van der Waals surface area (Å²) < 4.78 is 10.9. The molecule has 2 aromatic rings. The SMILES string of the molecule is COc1ccc(OC)c(/C=C/[C@@]23NC(=O)CCN2c2ccccc2C3(C)C)c1. The van der Waals surface area contributed by atoms with Crippen molar-refractivity contribution in [2.24, 2.45) is 0 Å². The predicted octanol–water partition coefficient (Wildman–Crippen LogP) is 3.73. The highest BCUT2D eigenvalue weighted by molar-refractivity contribution is 5.84. The van der Waals surface area contributed by atoms with Gasteiger partial charge in [-0.2, -0.15) is 0 Å². The molecule has 1 saturated heterocycles. The van der Waals surface area contributed by atoms with E-state index in [1.165, 1.54) is 11.3 Å². The van der Waals surface area contributed by atoms with Crippen molar-refractivity contribution in [2.45, 2.75) is 31.3 Å². The normalized spacial score (nSPS) is 22.6. The first-order chi connectivity index (χ1) is 13.4. The van der Waals surface area contributed by atoms with E-state index in [0.717, 1.165) is 17.1 Å². The molecular formula is C23H26N2O3. The van der Waals surface area contributed by atoms with E-state index in [-0.39, 0.29) is 11.3 Å². The fourth-order valence-corrected chi connectivity index (χ4v) is 4.50. The van der Waals surface area contributed by atoms with Crippen LogP contribution < -0.4 is 19.7 Å². The van der Waals surface area contributed by atoms with Crippen LogP contribution in [0.25, 0.3) is 6.08 Å². The Labute approximate surface area is 165 Å². The molecule has 0 bridgehead atoms. The summed E-state index contributed by atoms with van der Waals surface area (Å²) in [5, 5.41) is 3.29. The molecule has 1 amide bonds. The number of anilines is 1. The Hall–Kier alpha value is -2.95. The number of ether oxygens (including phenoxy) is 2. The third-order valence-electron chi connectivity index (χ3n) is 6.08. The molecule has 0 aromatic heterocycles. The van der Waals surface area contributed by atoms with E-state index >= 15 is 0 Å². The molecule has 2 aliphatic rings. The van der Waals surface area contributed by atoms with Gasteiger partial charge in [-0.1, -0.05) is 38.1 Å². The summed E-state index contributed by atoms with van der Waals surface area (Å²) in [6, 6.07) is 14.1. The van der Waals surface area contributed by atoms with Gasteiger partial charge in [-0.25, -0.2) is 0 Å². The summed E-state index contributed by atoms with van der Waals surface area (Å²) in [5.74, 6) is 1.59. The molecule has 0 saturated carbocycles. The lowest BCUT2D eigenvalue weighted by molar-refractivity contribution is -0.124. The fraction of sp³-hybridized carbons (Fsp3) is 0.348. The highest BCUT2D eigenvalue weighted by Gasteiger charge is 2.57. The van der Waals surface area contributed by atoms with Crippen LogP contribution in [-0.2, 0) is 10.2 Å². The van der Waals surface area contributed by atoms with Gasteiger partial charge in [0.05, 0.1) is 14.2 Å². The van der Waals surface area contributed by atoms with E-state index in [9.17, 15) is 4.79 Å². The molecule has 0 radical (unpaired) electrons. The van der Waals surface area contributed by atoms with Crippen LogP contribution in [0.1, 0.15) is 31.4 Å². The van der Waals surface area contributed by atoms with Crippen molar-refractivity contribution in [1.29, 1.82) is 0 Å². The van der Waals surface area contributed by atoms with Gasteiger partial charge in [-0.05, 0) is 35.9 Å². The van der Waals surface area contributed by atoms with Crippen LogP contribution in [0.4, 0.5) is 5.69 Å². The van der Waals surface area contributed by atoms with E-state index in [4.69, 9.17) is 9.47 Å². The Morgan fingerprint density at radius 2 is 1.89 bits per heavy atom. The van der Waals surface area contributed by atoms with E-state index in [2.05, 4.69) is 54.4 Å². The Balaban J connectivity index is 1.84. The number of hydrogen-bond acceptors (Lipinski definition) is 4. The van der Waals surface area contributed by atoms with E-state index in [1.807, 2.05) is 24.3 Å². The van der Waals surface area contributed by atoms with Crippen LogP contribution in [-0.4, -0.2) is 32.3 Å². The fourth-order valence-electron chi connectivity index (χ4n) is 4.50. The Bertz CT molecular complexity index is 951. The number of rotatable bonds is 4. The molecule has 0 aliphatic carbocycles. The number of fused-ring (bicyclic) bond motifs is 3. The summed E-state index contributed by atoms with van der Waals surface area (Å²) in [5.41, 5.74) is 2.37. The lowest BCUT2D eigenvalue weighted by Crippen LogP contribution is -2.68. The van der Waals surface area contributed by atoms with Crippen molar-refractivity contribution < 1.29 is 14.3 Å². The Kier molecular flexibility index (Phi) is 4.33. The highest BCUT2D eigenvalue weighted by Crippen LogP contribution is 2.52. The summed E-state index contributed by atoms with van der Waals surface area (Å²) >= 11 is 0. The molecule has 2 aliphatic heterocycles. The topological polar surface area (TPSA) is 50.8 Å². The van der Waals surface area contributed by atoms with Crippen LogP contribution in [0, 0.1) is 0 Å². The van der Waals surface area contributed by atoms with Gasteiger partial charge in [0.25, 0.3) is 0 Å². The first kappa shape index (κ1) is 18.4. The maximum atomic E-state index is 12.5. The predicted molar refractivity (Wildman–Crippen MR) is 111 cm³/mol. The zero-order valence-electron chi connectivity index (χ0n) is 16.8. The molecule has 4 rings (SSSR count). The van der Waals surface area contributed by atoms with E-state index < -0.39 is 5.66 Å². The number of amides is 1. The van der Waals surface area contributed by atoms with Crippen molar-refractivity contribution in [3.05, 3.63) is 59.7 Å². The molecule has 0 unspecified atom stereocenters. The number of carbonyl (C=O) groups is 1. The van der Waals surface area contributed by atoms with Gasteiger partial charge >= 0.3 is 0 Å². The van der Waals surface area contributed by atoms with Crippen LogP contribution in [0.2, 0.25) is 0 Å². The second kappa shape index (κ2) is 6.59. The second-order valence-electron chi connectivity index (χ2n) is 7.80. The molecular weight excluding hydrogens is 352 g/mol. The maximum absolute atomic E-state index is 12.5. The molecule has 5 heteroatoms. The minimum absolute atomic E-state index is 0.0689. The molecule has 2 aromatic carbocycles. The number of para-hydroxylation sites is 1. The maximum Gasteiger partial charge on any atom is 0.223 e. The summed E-state index contributed by atoms with van der Waals surface area (Å²) in [6.45, 7) is 5.06. The third-order valence-corrected chi connectivity index (χ3v) is 6.08. The van der Waals surface area contributed by atoms with Crippen LogP contribution in [0.5, 0.6) is 11.5 Å². The van der Waals surface area contributed by atoms with Gasteiger partial charge in [0, 0.05) is 29.6 Å².